The summed E-state index contributed by atoms with van der Waals surface area (Å²) in [5, 5.41) is 0. The van der Waals surface area contributed by atoms with Gasteiger partial charge >= 0.3 is 0 Å². The van der Waals surface area contributed by atoms with Crippen molar-refractivity contribution in [3.63, 3.8) is 0 Å². The standard InChI is InChI=1S/C13H15NO/c1-9(2)12-10(3)15-13(14-12)11-7-5-4-6-8-11/h4-9H,1-3H3. The van der Waals surface area contributed by atoms with E-state index in [-0.39, 0.29) is 0 Å². The molecule has 0 amide bonds. The average Bonchev–Trinajstić information content (AvgIpc) is 2.62. The molecule has 0 spiro atoms. The van der Waals surface area contributed by atoms with Crippen molar-refractivity contribution in [2.24, 2.45) is 0 Å². The molecule has 2 nitrogen and oxygen atoms in total. The SMILES string of the molecule is Cc1oc(-c2ccccc2)nc1C(C)C. The second kappa shape index (κ2) is 3.89. The molecule has 2 aromatic rings. The highest BCUT2D eigenvalue weighted by Crippen LogP contribution is 2.25. The van der Waals surface area contributed by atoms with Gasteiger partial charge in [-0.25, -0.2) is 4.98 Å². The van der Waals surface area contributed by atoms with Crippen molar-refractivity contribution in [1.82, 2.24) is 4.98 Å². The number of aromatic nitrogens is 1. The van der Waals surface area contributed by atoms with E-state index in [1.807, 2.05) is 37.3 Å². The second-order valence-corrected chi connectivity index (χ2v) is 3.98. The van der Waals surface area contributed by atoms with Crippen LogP contribution in [0.15, 0.2) is 34.7 Å². The highest BCUT2D eigenvalue weighted by molar-refractivity contribution is 5.53. The van der Waals surface area contributed by atoms with Crippen LogP contribution in [-0.4, -0.2) is 4.98 Å². The van der Waals surface area contributed by atoms with E-state index < -0.39 is 0 Å². The van der Waals surface area contributed by atoms with Crippen LogP contribution in [0.3, 0.4) is 0 Å². The Morgan fingerprint density at radius 2 is 1.80 bits per heavy atom. The minimum absolute atomic E-state index is 0.409. The van der Waals surface area contributed by atoms with Crippen LogP contribution in [0.5, 0.6) is 0 Å². The van der Waals surface area contributed by atoms with E-state index in [1.165, 1.54) is 0 Å². The lowest BCUT2D eigenvalue weighted by Gasteiger charge is -1.97. The van der Waals surface area contributed by atoms with Gasteiger partial charge in [0.25, 0.3) is 0 Å². The highest BCUT2D eigenvalue weighted by Gasteiger charge is 2.13. The second-order valence-electron chi connectivity index (χ2n) is 3.98. The predicted octanol–water partition coefficient (Wildman–Crippen LogP) is 3.77. The van der Waals surface area contributed by atoms with Crippen LogP contribution < -0.4 is 0 Å². The van der Waals surface area contributed by atoms with Crippen LogP contribution in [-0.2, 0) is 0 Å². The summed E-state index contributed by atoms with van der Waals surface area (Å²) < 4.78 is 5.65. The maximum absolute atomic E-state index is 5.65. The molecule has 1 heterocycles. The largest absolute Gasteiger partial charge is 0.441 e. The van der Waals surface area contributed by atoms with Crippen molar-refractivity contribution in [2.75, 3.05) is 0 Å². The maximum Gasteiger partial charge on any atom is 0.226 e. The molecule has 0 aliphatic carbocycles. The summed E-state index contributed by atoms with van der Waals surface area (Å²) in [5.74, 6) is 2.05. The summed E-state index contributed by atoms with van der Waals surface area (Å²) in [4.78, 5) is 4.51. The van der Waals surface area contributed by atoms with E-state index >= 15 is 0 Å². The number of nitrogens with zero attached hydrogens (tertiary/aromatic N) is 1. The molecule has 0 atom stereocenters. The van der Waals surface area contributed by atoms with E-state index in [2.05, 4.69) is 18.8 Å². The Bertz CT molecular complexity index is 443. The van der Waals surface area contributed by atoms with E-state index in [1.54, 1.807) is 0 Å². The van der Waals surface area contributed by atoms with Crippen molar-refractivity contribution in [2.45, 2.75) is 26.7 Å². The zero-order valence-corrected chi connectivity index (χ0v) is 9.32. The fourth-order valence-electron chi connectivity index (χ4n) is 1.65. The van der Waals surface area contributed by atoms with Crippen molar-refractivity contribution in [3.05, 3.63) is 41.8 Å². The van der Waals surface area contributed by atoms with Gasteiger partial charge in [0.15, 0.2) is 0 Å². The number of rotatable bonds is 2. The Labute approximate surface area is 90.0 Å². The van der Waals surface area contributed by atoms with Crippen LogP contribution in [0.4, 0.5) is 0 Å². The van der Waals surface area contributed by atoms with E-state index in [0.29, 0.717) is 5.92 Å². The van der Waals surface area contributed by atoms with E-state index in [4.69, 9.17) is 4.42 Å². The molecule has 1 aromatic heterocycles. The molecular weight excluding hydrogens is 186 g/mol. The summed E-state index contributed by atoms with van der Waals surface area (Å²) in [6, 6.07) is 9.99. The first-order chi connectivity index (χ1) is 7.18. The molecule has 0 N–H and O–H groups in total. The van der Waals surface area contributed by atoms with Gasteiger partial charge in [-0.05, 0) is 25.0 Å². The monoisotopic (exact) mass is 201 g/mol. The van der Waals surface area contributed by atoms with Crippen molar-refractivity contribution < 1.29 is 4.42 Å². The molecule has 0 radical (unpaired) electrons. The molecule has 2 rings (SSSR count). The van der Waals surface area contributed by atoms with E-state index in [0.717, 1.165) is 22.9 Å². The van der Waals surface area contributed by atoms with Crippen LogP contribution in [0, 0.1) is 6.92 Å². The zero-order valence-electron chi connectivity index (χ0n) is 9.32. The van der Waals surface area contributed by atoms with Crippen molar-refractivity contribution in [3.8, 4) is 11.5 Å². The Hall–Kier alpha value is -1.57. The van der Waals surface area contributed by atoms with Crippen LogP contribution in [0.2, 0.25) is 0 Å². The van der Waals surface area contributed by atoms with Gasteiger partial charge in [-0.3, -0.25) is 0 Å². The summed E-state index contributed by atoms with van der Waals surface area (Å²) in [7, 11) is 0. The predicted molar refractivity (Wildman–Crippen MR) is 60.8 cm³/mol. The molecule has 0 saturated carbocycles. The third kappa shape index (κ3) is 1.94. The quantitative estimate of drug-likeness (QED) is 0.739. The fraction of sp³-hybridized carbons (Fsp3) is 0.308. The fourth-order valence-corrected chi connectivity index (χ4v) is 1.65. The molecule has 0 bridgehead atoms. The number of hydrogen-bond donors (Lipinski definition) is 0. The first kappa shape index (κ1) is 9.97. The van der Waals surface area contributed by atoms with Crippen LogP contribution >= 0.6 is 0 Å². The number of hydrogen-bond acceptors (Lipinski definition) is 2. The minimum atomic E-state index is 0.409. The molecule has 15 heavy (non-hydrogen) atoms. The van der Waals surface area contributed by atoms with Crippen LogP contribution in [0.25, 0.3) is 11.5 Å². The van der Waals surface area contributed by atoms with Gasteiger partial charge < -0.3 is 4.42 Å². The van der Waals surface area contributed by atoms with Gasteiger partial charge in [-0.2, -0.15) is 0 Å². The molecule has 0 saturated heterocycles. The Morgan fingerprint density at radius 3 is 2.33 bits per heavy atom. The lowest BCUT2D eigenvalue weighted by Crippen LogP contribution is -1.89. The Kier molecular flexibility index (Phi) is 2.58. The molecule has 0 aliphatic rings. The van der Waals surface area contributed by atoms with Gasteiger partial charge in [0, 0.05) is 5.56 Å². The highest BCUT2D eigenvalue weighted by atomic mass is 16.4. The smallest absolute Gasteiger partial charge is 0.226 e. The Morgan fingerprint density at radius 1 is 1.13 bits per heavy atom. The Balaban J connectivity index is 2.43. The summed E-state index contributed by atoms with van der Waals surface area (Å²) in [5.41, 5.74) is 2.08. The zero-order chi connectivity index (χ0) is 10.8. The molecule has 78 valence electrons. The average molecular weight is 201 g/mol. The number of aryl methyl sites for hydroxylation is 1. The number of oxazole rings is 1. The topological polar surface area (TPSA) is 26.0 Å². The normalized spacial score (nSPS) is 10.9. The summed E-state index contributed by atoms with van der Waals surface area (Å²) >= 11 is 0. The molecular formula is C13H15NO. The third-order valence-electron chi connectivity index (χ3n) is 2.40. The summed E-state index contributed by atoms with van der Waals surface area (Å²) in [6.45, 7) is 6.22. The maximum atomic E-state index is 5.65. The molecule has 2 heteroatoms. The molecule has 0 unspecified atom stereocenters. The van der Waals surface area contributed by atoms with Crippen LogP contribution in [0.1, 0.15) is 31.2 Å². The lowest BCUT2D eigenvalue weighted by molar-refractivity contribution is 0.537. The minimum Gasteiger partial charge on any atom is -0.441 e. The molecule has 0 fully saturated rings. The lowest BCUT2D eigenvalue weighted by atomic mass is 10.1. The van der Waals surface area contributed by atoms with Gasteiger partial charge in [0.2, 0.25) is 5.89 Å². The van der Waals surface area contributed by atoms with Gasteiger partial charge in [-0.15, -0.1) is 0 Å². The molecule has 1 aromatic carbocycles. The van der Waals surface area contributed by atoms with Crippen molar-refractivity contribution in [1.29, 1.82) is 0 Å². The van der Waals surface area contributed by atoms with Crippen molar-refractivity contribution >= 4 is 0 Å². The third-order valence-corrected chi connectivity index (χ3v) is 2.40. The number of benzene rings is 1. The first-order valence-corrected chi connectivity index (χ1v) is 5.21. The van der Waals surface area contributed by atoms with Gasteiger partial charge in [0.05, 0.1) is 5.69 Å². The van der Waals surface area contributed by atoms with Gasteiger partial charge in [0.1, 0.15) is 5.76 Å². The van der Waals surface area contributed by atoms with E-state index in [9.17, 15) is 0 Å². The first-order valence-electron chi connectivity index (χ1n) is 5.21. The van der Waals surface area contributed by atoms with Gasteiger partial charge in [-0.1, -0.05) is 32.0 Å². The molecule has 0 aliphatic heterocycles. The summed E-state index contributed by atoms with van der Waals surface area (Å²) in [6.07, 6.45) is 0.